The predicted molar refractivity (Wildman–Crippen MR) is 45.2 cm³/mol. The summed E-state index contributed by atoms with van der Waals surface area (Å²) >= 11 is 2.86. The zero-order valence-corrected chi connectivity index (χ0v) is 7.99. The molecule has 0 bridgehead atoms. The Hall–Kier alpha value is -0.640. The molecule has 0 aliphatic carbocycles. The lowest BCUT2D eigenvalue weighted by Gasteiger charge is -2.04. The normalized spacial score (nSPS) is 10.0. The summed E-state index contributed by atoms with van der Waals surface area (Å²) in [5, 5.41) is 0. The van der Waals surface area contributed by atoms with Crippen LogP contribution in [0.2, 0.25) is 0 Å². The molecule has 1 aromatic rings. The molecule has 1 aromatic carbocycles. The predicted octanol–water partition coefficient (Wildman–Crippen LogP) is 3.13. The van der Waals surface area contributed by atoms with Gasteiger partial charge in [-0.05, 0) is 35.0 Å². The number of hydrogen-bond acceptors (Lipinski definition) is 1. The third-order valence-corrected chi connectivity index (χ3v) is 1.91. The minimum absolute atomic E-state index is 0.0572. The van der Waals surface area contributed by atoms with Gasteiger partial charge in [0.15, 0.2) is 11.6 Å². The molecule has 0 radical (unpaired) electrons. The Kier molecular flexibility index (Phi) is 3.03. The zero-order chi connectivity index (χ0) is 9.14. The Morgan fingerprint density at radius 2 is 2.00 bits per heavy atom. The van der Waals surface area contributed by atoms with Crippen molar-refractivity contribution in [2.75, 3.05) is 6.61 Å². The van der Waals surface area contributed by atoms with E-state index in [1.54, 1.807) is 6.92 Å². The molecular formula is C8H7BrF2O. The maximum absolute atomic E-state index is 12.9. The summed E-state index contributed by atoms with van der Waals surface area (Å²) in [5.41, 5.74) is 0. The second-order valence-electron chi connectivity index (χ2n) is 2.11. The summed E-state index contributed by atoms with van der Waals surface area (Å²) < 4.78 is 30.7. The molecule has 0 unspecified atom stereocenters. The van der Waals surface area contributed by atoms with Gasteiger partial charge in [-0.15, -0.1) is 0 Å². The fraction of sp³-hybridized carbons (Fsp3) is 0.250. The highest BCUT2D eigenvalue weighted by molar-refractivity contribution is 9.10. The summed E-state index contributed by atoms with van der Waals surface area (Å²) in [6.45, 7) is 2.03. The summed E-state index contributed by atoms with van der Waals surface area (Å²) in [5.74, 6) is -1.93. The monoisotopic (exact) mass is 236 g/mol. The molecule has 0 saturated carbocycles. The molecular weight excluding hydrogens is 230 g/mol. The van der Waals surface area contributed by atoms with Crippen molar-refractivity contribution in [3.05, 3.63) is 28.2 Å². The van der Waals surface area contributed by atoms with Crippen LogP contribution in [0.25, 0.3) is 0 Å². The van der Waals surface area contributed by atoms with Gasteiger partial charge in [-0.2, -0.15) is 4.39 Å². The van der Waals surface area contributed by atoms with Gasteiger partial charge in [-0.1, -0.05) is 0 Å². The van der Waals surface area contributed by atoms with E-state index in [9.17, 15) is 8.78 Å². The van der Waals surface area contributed by atoms with Gasteiger partial charge < -0.3 is 4.74 Å². The van der Waals surface area contributed by atoms with E-state index in [-0.39, 0.29) is 10.2 Å². The van der Waals surface area contributed by atoms with Crippen LogP contribution in [0.5, 0.6) is 5.75 Å². The van der Waals surface area contributed by atoms with E-state index in [1.165, 1.54) is 12.1 Å². The summed E-state index contributed by atoms with van der Waals surface area (Å²) in [6.07, 6.45) is 0. The Balaban J connectivity index is 3.08. The van der Waals surface area contributed by atoms with Crippen LogP contribution in [0.15, 0.2) is 16.6 Å². The largest absolute Gasteiger partial charge is 0.491 e. The molecule has 0 aliphatic rings. The standard InChI is InChI=1S/C8H7BrF2O/c1-2-12-6-4-3-5(9)7(10)8(6)11/h3-4H,2H2,1H3. The lowest BCUT2D eigenvalue weighted by molar-refractivity contribution is 0.313. The quantitative estimate of drug-likeness (QED) is 0.718. The Bertz CT molecular complexity index is 289. The molecule has 0 N–H and O–H groups in total. The number of rotatable bonds is 2. The molecule has 0 aromatic heterocycles. The first-order valence-electron chi connectivity index (χ1n) is 3.43. The minimum atomic E-state index is -0.953. The number of benzene rings is 1. The molecule has 0 atom stereocenters. The molecule has 4 heteroatoms. The summed E-state index contributed by atoms with van der Waals surface area (Å²) in [6, 6.07) is 2.79. The first-order valence-corrected chi connectivity index (χ1v) is 4.22. The summed E-state index contributed by atoms with van der Waals surface area (Å²) in [4.78, 5) is 0. The molecule has 0 fully saturated rings. The first-order chi connectivity index (χ1) is 5.66. The van der Waals surface area contributed by atoms with E-state index >= 15 is 0 Å². The van der Waals surface area contributed by atoms with Crippen molar-refractivity contribution in [2.45, 2.75) is 6.92 Å². The average Bonchev–Trinajstić information content (AvgIpc) is 2.07. The highest BCUT2D eigenvalue weighted by atomic mass is 79.9. The van der Waals surface area contributed by atoms with Crippen LogP contribution in [-0.2, 0) is 0 Å². The van der Waals surface area contributed by atoms with Crippen molar-refractivity contribution >= 4 is 15.9 Å². The van der Waals surface area contributed by atoms with Gasteiger partial charge in [0.1, 0.15) is 0 Å². The fourth-order valence-corrected chi connectivity index (χ4v) is 1.08. The van der Waals surface area contributed by atoms with Gasteiger partial charge in [0, 0.05) is 0 Å². The van der Waals surface area contributed by atoms with E-state index < -0.39 is 11.6 Å². The van der Waals surface area contributed by atoms with Crippen molar-refractivity contribution in [3.63, 3.8) is 0 Å². The van der Waals surface area contributed by atoms with E-state index in [0.29, 0.717) is 6.61 Å². The van der Waals surface area contributed by atoms with Gasteiger partial charge in [0.05, 0.1) is 11.1 Å². The van der Waals surface area contributed by atoms with Gasteiger partial charge in [-0.3, -0.25) is 0 Å². The summed E-state index contributed by atoms with van der Waals surface area (Å²) in [7, 11) is 0. The molecule has 0 heterocycles. The second-order valence-corrected chi connectivity index (χ2v) is 2.96. The first kappa shape index (κ1) is 9.45. The minimum Gasteiger partial charge on any atom is -0.491 e. The molecule has 0 aliphatic heterocycles. The van der Waals surface area contributed by atoms with Gasteiger partial charge in [0.25, 0.3) is 0 Å². The SMILES string of the molecule is CCOc1ccc(Br)c(F)c1F. The van der Waals surface area contributed by atoms with Crippen molar-refractivity contribution in [2.24, 2.45) is 0 Å². The maximum atomic E-state index is 12.9. The van der Waals surface area contributed by atoms with Crippen LogP contribution in [0, 0.1) is 11.6 Å². The fourth-order valence-electron chi connectivity index (χ4n) is 0.775. The van der Waals surface area contributed by atoms with Gasteiger partial charge in [0.2, 0.25) is 5.82 Å². The average molecular weight is 237 g/mol. The zero-order valence-electron chi connectivity index (χ0n) is 6.40. The van der Waals surface area contributed by atoms with E-state index in [0.717, 1.165) is 0 Å². The Morgan fingerprint density at radius 1 is 1.33 bits per heavy atom. The van der Waals surface area contributed by atoms with Crippen molar-refractivity contribution < 1.29 is 13.5 Å². The van der Waals surface area contributed by atoms with E-state index in [4.69, 9.17) is 4.74 Å². The third-order valence-electron chi connectivity index (χ3n) is 1.30. The molecule has 0 saturated heterocycles. The highest BCUT2D eigenvalue weighted by Gasteiger charge is 2.11. The third kappa shape index (κ3) is 1.75. The maximum Gasteiger partial charge on any atom is 0.201 e. The number of halogens is 3. The molecule has 1 nitrogen and oxygen atoms in total. The van der Waals surface area contributed by atoms with Crippen LogP contribution in [0.3, 0.4) is 0 Å². The highest BCUT2D eigenvalue weighted by Crippen LogP contribution is 2.25. The van der Waals surface area contributed by atoms with Crippen molar-refractivity contribution in [3.8, 4) is 5.75 Å². The molecule has 1 rings (SSSR count). The van der Waals surface area contributed by atoms with E-state index in [2.05, 4.69) is 15.9 Å². The Morgan fingerprint density at radius 3 is 2.58 bits per heavy atom. The van der Waals surface area contributed by atoms with Crippen molar-refractivity contribution in [1.29, 1.82) is 0 Å². The second kappa shape index (κ2) is 3.85. The van der Waals surface area contributed by atoms with Crippen LogP contribution in [0.4, 0.5) is 8.78 Å². The van der Waals surface area contributed by atoms with E-state index in [1.807, 2.05) is 0 Å². The number of ether oxygens (including phenoxy) is 1. The molecule has 66 valence electrons. The lowest BCUT2D eigenvalue weighted by Crippen LogP contribution is -1.97. The van der Waals surface area contributed by atoms with Gasteiger partial charge >= 0.3 is 0 Å². The topological polar surface area (TPSA) is 9.23 Å². The van der Waals surface area contributed by atoms with Crippen molar-refractivity contribution in [1.82, 2.24) is 0 Å². The van der Waals surface area contributed by atoms with Crippen LogP contribution >= 0.6 is 15.9 Å². The number of hydrogen-bond donors (Lipinski definition) is 0. The van der Waals surface area contributed by atoms with Gasteiger partial charge in [-0.25, -0.2) is 4.39 Å². The lowest BCUT2D eigenvalue weighted by atomic mass is 10.3. The molecule has 0 spiro atoms. The van der Waals surface area contributed by atoms with Crippen LogP contribution in [0.1, 0.15) is 6.92 Å². The Labute approximate surface area is 77.5 Å². The smallest absolute Gasteiger partial charge is 0.201 e. The molecule has 12 heavy (non-hydrogen) atoms. The van der Waals surface area contributed by atoms with Crippen LogP contribution in [-0.4, -0.2) is 6.61 Å². The van der Waals surface area contributed by atoms with Crippen LogP contribution < -0.4 is 4.74 Å². The molecule has 0 amide bonds.